The van der Waals surface area contributed by atoms with E-state index >= 15 is 0 Å². The van der Waals surface area contributed by atoms with Crippen molar-refractivity contribution < 1.29 is 4.79 Å². The van der Waals surface area contributed by atoms with Crippen LogP contribution >= 0.6 is 24.8 Å². The predicted molar refractivity (Wildman–Crippen MR) is 114 cm³/mol. The largest absolute Gasteiger partial charge is 0.341 e. The lowest BCUT2D eigenvalue weighted by Crippen LogP contribution is -2.45. The number of hydrogen-bond acceptors (Lipinski definition) is 3. The Labute approximate surface area is 174 Å². The number of benzene rings is 1. The van der Waals surface area contributed by atoms with Gasteiger partial charge in [-0.3, -0.25) is 4.79 Å². The molecule has 1 aliphatic heterocycles. The molecule has 7 heteroatoms. The maximum atomic E-state index is 12.6. The first-order chi connectivity index (χ1) is 12.1. The van der Waals surface area contributed by atoms with Gasteiger partial charge < -0.3 is 15.2 Å². The standard InChI is InChI=1S/C20H28N4O.2ClH/c1-16-6-5-10-24(11-9-16)20(25)19(21)12-18-14-23(15-22-18)13-17-7-3-2-4-8-17;;/h2-4,7-8,14-16,19H,5-6,9-13,21H2,1H3;2*1H/t16?,19-;;/m0../s1. The average Bonchev–Trinajstić information content (AvgIpc) is 2.92. The molecule has 1 amide bonds. The van der Waals surface area contributed by atoms with Crippen molar-refractivity contribution in [2.24, 2.45) is 11.7 Å². The van der Waals surface area contributed by atoms with Crippen LogP contribution in [-0.4, -0.2) is 39.5 Å². The molecule has 1 unspecified atom stereocenters. The molecular weight excluding hydrogens is 383 g/mol. The minimum absolute atomic E-state index is 0. The van der Waals surface area contributed by atoms with Gasteiger partial charge in [0.05, 0.1) is 18.1 Å². The molecule has 5 nitrogen and oxygen atoms in total. The van der Waals surface area contributed by atoms with E-state index in [2.05, 4.69) is 24.0 Å². The molecule has 1 aliphatic rings. The van der Waals surface area contributed by atoms with Crippen molar-refractivity contribution in [3.05, 3.63) is 54.1 Å². The van der Waals surface area contributed by atoms with E-state index in [9.17, 15) is 4.79 Å². The molecule has 0 radical (unpaired) electrons. The number of nitrogens with zero attached hydrogens (tertiary/aromatic N) is 3. The molecule has 2 heterocycles. The van der Waals surface area contributed by atoms with Crippen LogP contribution in [0, 0.1) is 5.92 Å². The number of hydrogen-bond donors (Lipinski definition) is 1. The molecule has 1 aromatic carbocycles. The van der Waals surface area contributed by atoms with E-state index in [0.29, 0.717) is 12.3 Å². The van der Waals surface area contributed by atoms with Gasteiger partial charge in [0, 0.05) is 32.3 Å². The SMILES string of the molecule is CC1CCCN(C(=O)[C@@H](N)Cc2cn(Cc3ccccc3)cn2)CC1.Cl.Cl. The highest BCUT2D eigenvalue weighted by Crippen LogP contribution is 2.17. The molecular formula is C20H30Cl2N4O. The number of halogens is 2. The first-order valence-electron chi connectivity index (χ1n) is 9.21. The van der Waals surface area contributed by atoms with Gasteiger partial charge in [-0.2, -0.15) is 0 Å². The summed E-state index contributed by atoms with van der Waals surface area (Å²) in [5.41, 5.74) is 8.29. The summed E-state index contributed by atoms with van der Waals surface area (Å²) in [5.74, 6) is 0.759. The molecule has 0 bridgehead atoms. The van der Waals surface area contributed by atoms with Crippen LogP contribution in [0.2, 0.25) is 0 Å². The van der Waals surface area contributed by atoms with Gasteiger partial charge in [0.25, 0.3) is 0 Å². The van der Waals surface area contributed by atoms with Crippen molar-refractivity contribution in [3.63, 3.8) is 0 Å². The van der Waals surface area contributed by atoms with Crippen molar-refractivity contribution in [3.8, 4) is 0 Å². The number of nitrogens with two attached hydrogens (primary N) is 1. The molecule has 0 saturated carbocycles. The van der Waals surface area contributed by atoms with Crippen LogP contribution in [0.1, 0.15) is 37.4 Å². The van der Waals surface area contributed by atoms with Gasteiger partial charge >= 0.3 is 0 Å². The zero-order valence-electron chi connectivity index (χ0n) is 15.8. The van der Waals surface area contributed by atoms with Gasteiger partial charge in [0.2, 0.25) is 5.91 Å². The minimum atomic E-state index is -0.506. The van der Waals surface area contributed by atoms with Gasteiger partial charge in [-0.25, -0.2) is 4.98 Å². The highest BCUT2D eigenvalue weighted by Gasteiger charge is 2.24. The third kappa shape index (κ3) is 6.83. The summed E-state index contributed by atoms with van der Waals surface area (Å²) in [4.78, 5) is 19.0. The maximum absolute atomic E-state index is 12.6. The second-order valence-electron chi connectivity index (χ2n) is 7.19. The normalized spacial score (nSPS) is 18.0. The number of carbonyl (C=O) groups is 1. The molecule has 1 fully saturated rings. The van der Waals surface area contributed by atoms with Crippen LogP contribution < -0.4 is 5.73 Å². The van der Waals surface area contributed by atoms with Gasteiger partial charge in [0.1, 0.15) is 0 Å². The summed E-state index contributed by atoms with van der Waals surface area (Å²) < 4.78 is 2.04. The van der Waals surface area contributed by atoms with E-state index in [0.717, 1.165) is 38.2 Å². The summed E-state index contributed by atoms with van der Waals surface area (Å²) in [6, 6.07) is 9.75. The number of likely N-dealkylation sites (tertiary alicyclic amines) is 1. The fourth-order valence-electron chi connectivity index (χ4n) is 3.42. The summed E-state index contributed by atoms with van der Waals surface area (Å²) in [6.07, 6.45) is 7.64. The van der Waals surface area contributed by atoms with Gasteiger partial charge in [0.15, 0.2) is 0 Å². The lowest BCUT2D eigenvalue weighted by Gasteiger charge is -2.23. The Morgan fingerprint density at radius 1 is 1.22 bits per heavy atom. The molecule has 2 atom stereocenters. The van der Waals surface area contributed by atoms with E-state index in [-0.39, 0.29) is 30.7 Å². The van der Waals surface area contributed by atoms with E-state index in [1.165, 1.54) is 12.0 Å². The van der Waals surface area contributed by atoms with E-state index < -0.39 is 6.04 Å². The molecule has 1 saturated heterocycles. The monoisotopic (exact) mass is 412 g/mol. The quantitative estimate of drug-likeness (QED) is 0.818. The zero-order chi connectivity index (χ0) is 17.6. The first kappa shape index (κ1) is 23.5. The van der Waals surface area contributed by atoms with Crippen LogP contribution in [0.5, 0.6) is 0 Å². The number of imidazole rings is 1. The lowest BCUT2D eigenvalue weighted by atomic mass is 10.0. The summed E-state index contributed by atoms with van der Waals surface area (Å²) in [5, 5.41) is 0. The van der Waals surface area contributed by atoms with Gasteiger partial charge in [-0.1, -0.05) is 37.3 Å². The number of rotatable bonds is 5. The highest BCUT2D eigenvalue weighted by molar-refractivity contribution is 5.85. The van der Waals surface area contributed by atoms with Gasteiger partial charge in [-0.05, 0) is 30.7 Å². The highest BCUT2D eigenvalue weighted by atomic mass is 35.5. The molecule has 27 heavy (non-hydrogen) atoms. The molecule has 0 aliphatic carbocycles. The lowest BCUT2D eigenvalue weighted by molar-refractivity contribution is -0.132. The summed E-state index contributed by atoms with van der Waals surface area (Å²) in [7, 11) is 0. The van der Waals surface area contributed by atoms with Crippen molar-refractivity contribution in [2.75, 3.05) is 13.1 Å². The Balaban J connectivity index is 0.00000182. The molecule has 0 spiro atoms. The second-order valence-corrected chi connectivity index (χ2v) is 7.19. The van der Waals surface area contributed by atoms with Crippen molar-refractivity contribution in [2.45, 2.75) is 45.2 Å². The Hall–Kier alpha value is -1.56. The Morgan fingerprint density at radius 2 is 1.96 bits per heavy atom. The zero-order valence-corrected chi connectivity index (χ0v) is 17.4. The first-order valence-corrected chi connectivity index (χ1v) is 9.21. The summed E-state index contributed by atoms with van der Waals surface area (Å²) in [6.45, 7) is 4.70. The summed E-state index contributed by atoms with van der Waals surface area (Å²) >= 11 is 0. The second kappa shape index (κ2) is 11.3. The third-order valence-electron chi connectivity index (χ3n) is 4.97. The van der Waals surface area contributed by atoms with Crippen molar-refractivity contribution >= 4 is 30.7 Å². The van der Waals surface area contributed by atoms with Crippen LogP contribution in [0.3, 0.4) is 0 Å². The fourth-order valence-corrected chi connectivity index (χ4v) is 3.42. The molecule has 2 aromatic rings. The number of carbonyl (C=O) groups excluding carboxylic acids is 1. The van der Waals surface area contributed by atoms with Crippen LogP contribution in [0.15, 0.2) is 42.9 Å². The molecule has 2 N–H and O–H groups in total. The molecule has 1 aromatic heterocycles. The maximum Gasteiger partial charge on any atom is 0.239 e. The van der Waals surface area contributed by atoms with Crippen molar-refractivity contribution in [1.82, 2.24) is 14.5 Å². The van der Waals surface area contributed by atoms with E-state index in [1.54, 1.807) is 0 Å². The predicted octanol–water partition coefficient (Wildman–Crippen LogP) is 3.29. The molecule has 150 valence electrons. The van der Waals surface area contributed by atoms with Gasteiger partial charge in [-0.15, -0.1) is 24.8 Å². The smallest absolute Gasteiger partial charge is 0.239 e. The van der Waals surface area contributed by atoms with Crippen LogP contribution in [0.25, 0.3) is 0 Å². The van der Waals surface area contributed by atoms with E-state index in [4.69, 9.17) is 5.73 Å². The number of aromatic nitrogens is 2. The minimum Gasteiger partial charge on any atom is -0.341 e. The Bertz CT molecular complexity index is 692. The third-order valence-corrected chi connectivity index (χ3v) is 4.97. The van der Waals surface area contributed by atoms with Crippen LogP contribution in [0.4, 0.5) is 0 Å². The van der Waals surface area contributed by atoms with Crippen LogP contribution in [-0.2, 0) is 17.8 Å². The van der Waals surface area contributed by atoms with E-state index in [1.807, 2.05) is 40.2 Å². The Kier molecular flexibility index (Phi) is 9.84. The molecule has 3 rings (SSSR count). The number of amides is 1. The fraction of sp³-hybridized carbons (Fsp3) is 0.500. The topological polar surface area (TPSA) is 64.2 Å². The van der Waals surface area contributed by atoms with Crippen molar-refractivity contribution in [1.29, 1.82) is 0 Å². The Morgan fingerprint density at radius 3 is 2.70 bits per heavy atom. The average molecular weight is 413 g/mol.